The van der Waals surface area contributed by atoms with Crippen molar-refractivity contribution in [3.63, 3.8) is 0 Å². The van der Waals surface area contributed by atoms with Gasteiger partial charge in [-0.3, -0.25) is 0 Å². The van der Waals surface area contributed by atoms with Crippen LogP contribution in [0.1, 0.15) is 52.9 Å². The SMILES string of the molecule is CCNCC1(CN2CCC(C(C)O)C2)CCC(C)CC1. The summed E-state index contributed by atoms with van der Waals surface area (Å²) in [5, 5.41) is 13.4. The van der Waals surface area contributed by atoms with Crippen LogP contribution in [0.5, 0.6) is 0 Å². The average Bonchev–Trinajstić information content (AvgIpc) is 2.88. The van der Waals surface area contributed by atoms with Crippen molar-refractivity contribution in [3.8, 4) is 0 Å². The lowest BCUT2D eigenvalue weighted by molar-refractivity contribution is 0.0861. The molecule has 1 saturated carbocycles. The third-order valence-corrected chi connectivity index (χ3v) is 5.63. The van der Waals surface area contributed by atoms with Crippen molar-refractivity contribution >= 4 is 0 Å². The van der Waals surface area contributed by atoms with Gasteiger partial charge in [0.1, 0.15) is 0 Å². The van der Waals surface area contributed by atoms with Crippen molar-refractivity contribution < 1.29 is 5.11 Å². The Morgan fingerprint density at radius 1 is 1.30 bits per heavy atom. The van der Waals surface area contributed by atoms with E-state index in [1.807, 2.05) is 6.92 Å². The van der Waals surface area contributed by atoms with Gasteiger partial charge in [-0.2, -0.15) is 0 Å². The second-order valence-electron chi connectivity index (χ2n) is 7.49. The van der Waals surface area contributed by atoms with Crippen molar-refractivity contribution in [1.82, 2.24) is 10.2 Å². The minimum Gasteiger partial charge on any atom is -0.393 e. The zero-order chi connectivity index (χ0) is 14.6. The molecule has 1 aliphatic heterocycles. The fourth-order valence-corrected chi connectivity index (χ4v) is 4.03. The molecule has 118 valence electrons. The van der Waals surface area contributed by atoms with Gasteiger partial charge in [0.15, 0.2) is 0 Å². The van der Waals surface area contributed by atoms with Gasteiger partial charge in [0, 0.05) is 19.6 Å². The molecule has 1 saturated heterocycles. The summed E-state index contributed by atoms with van der Waals surface area (Å²) in [7, 11) is 0. The van der Waals surface area contributed by atoms with E-state index in [2.05, 4.69) is 24.1 Å². The van der Waals surface area contributed by atoms with Crippen LogP contribution in [0.4, 0.5) is 0 Å². The van der Waals surface area contributed by atoms with Gasteiger partial charge in [-0.1, -0.05) is 26.7 Å². The highest BCUT2D eigenvalue weighted by Crippen LogP contribution is 2.40. The first kappa shape index (κ1) is 16.3. The normalized spacial score (nSPS) is 37.2. The summed E-state index contributed by atoms with van der Waals surface area (Å²) < 4.78 is 0. The second-order valence-corrected chi connectivity index (χ2v) is 7.49. The Morgan fingerprint density at radius 2 is 2.00 bits per heavy atom. The smallest absolute Gasteiger partial charge is 0.0552 e. The number of nitrogens with one attached hydrogen (secondary N) is 1. The van der Waals surface area contributed by atoms with E-state index in [0.29, 0.717) is 11.3 Å². The summed E-state index contributed by atoms with van der Waals surface area (Å²) in [4.78, 5) is 2.62. The van der Waals surface area contributed by atoms with E-state index in [4.69, 9.17) is 0 Å². The molecule has 2 fully saturated rings. The number of likely N-dealkylation sites (tertiary alicyclic amines) is 1. The van der Waals surface area contributed by atoms with Crippen LogP contribution in [-0.4, -0.2) is 48.8 Å². The molecule has 2 aliphatic rings. The topological polar surface area (TPSA) is 35.5 Å². The highest BCUT2D eigenvalue weighted by molar-refractivity contribution is 4.91. The van der Waals surface area contributed by atoms with Crippen molar-refractivity contribution in [1.29, 1.82) is 0 Å². The van der Waals surface area contributed by atoms with Crippen LogP contribution >= 0.6 is 0 Å². The summed E-state index contributed by atoms with van der Waals surface area (Å²) >= 11 is 0. The Balaban J connectivity index is 1.91. The molecule has 2 atom stereocenters. The Kier molecular flexibility index (Phi) is 5.88. The van der Waals surface area contributed by atoms with Crippen LogP contribution in [-0.2, 0) is 0 Å². The van der Waals surface area contributed by atoms with Crippen LogP contribution in [0.25, 0.3) is 0 Å². The van der Waals surface area contributed by atoms with Gasteiger partial charge < -0.3 is 15.3 Å². The monoisotopic (exact) mass is 282 g/mol. The zero-order valence-corrected chi connectivity index (χ0v) is 13.7. The van der Waals surface area contributed by atoms with E-state index >= 15 is 0 Å². The minimum absolute atomic E-state index is 0.143. The number of hydrogen-bond donors (Lipinski definition) is 2. The van der Waals surface area contributed by atoms with Gasteiger partial charge >= 0.3 is 0 Å². The molecular weight excluding hydrogens is 248 g/mol. The van der Waals surface area contributed by atoms with Gasteiger partial charge in [0.05, 0.1) is 6.10 Å². The molecule has 0 amide bonds. The maximum Gasteiger partial charge on any atom is 0.0552 e. The van der Waals surface area contributed by atoms with Crippen molar-refractivity contribution in [2.24, 2.45) is 17.3 Å². The number of aliphatic hydroxyl groups excluding tert-OH is 1. The van der Waals surface area contributed by atoms with Gasteiger partial charge in [-0.15, -0.1) is 0 Å². The summed E-state index contributed by atoms with van der Waals surface area (Å²) in [6.07, 6.45) is 6.55. The number of rotatable bonds is 6. The maximum absolute atomic E-state index is 9.78. The van der Waals surface area contributed by atoms with Gasteiger partial charge in [0.2, 0.25) is 0 Å². The van der Waals surface area contributed by atoms with Crippen molar-refractivity contribution in [3.05, 3.63) is 0 Å². The molecule has 2 rings (SSSR count). The summed E-state index contributed by atoms with van der Waals surface area (Å²) in [6.45, 7) is 12.3. The quantitative estimate of drug-likeness (QED) is 0.786. The second kappa shape index (κ2) is 7.24. The molecule has 3 heteroatoms. The molecule has 0 bridgehead atoms. The Hall–Kier alpha value is -0.120. The molecule has 1 heterocycles. The standard InChI is InChI=1S/C17H34N2O/c1-4-18-12-17(8-5-14(2)6-9-17)13-19-10-7-16(11-19)15(3)20/h14-16,18,20H,4-13H2,1-3H3. The van der Waals surface area contributed by atoms with E-state index in [1.165, 1.54) is 51.7 Å². The number of aliphatic hydroxyl groups is 1. The molecule has 0 aromatic carbocycles. The lowest BCUT2D eigenvalue weighted by Crippen LogP contribution is -2.45. The molecule has 0 spiro atoms. The van der Waals surface area contributed by atoms with Gasteiger partial charge in [0.25, 0.3) is 0 Å². The third kappa shape index (κ3) is 4.19. The highest BCUT2D eigenvalue weighted by Gasteiger charge is 2.37. The average molecular weight is 282 g/mol. The highest BCUT2D eigenvalue weighted by atomic mass is 16.3. The van der Waals surface area contributed by atoms with E-state index < -0.39 is 0 Å². The summed E-state index contributed by atoms with van der Waals surface area (Å²) in [5.41, 5.74) is 0.482. The van der Waals surface area contributed by atoms with Crippen LogP contribution in [0.15, 0.2) is 0 Å². The van der Waals surface area contributed by atoms with E-state index in [-0.39, 0.29) is 6.10 Å². The van der Waals surface area contributed by atoms with Crippen LogP contribution in [0, 0.1) is 17.3 Å². The molecule has 0 aromatic heterocycles. The van der Waals surface area contributed by atoms with E-state index in [9.17, 15) is 5.11 Å². The van der Waals surface area contributed by atoms with E-state index in [0.717, 1.165) is 19.0 Å². The van der Waals surface area contributed by atoms with Gasteiger partial charge in [-0.25, -0.2) is 0 Å². The Bertz CT molecular complexity index is 279. The first-order chi connectivity index (χ1) is 9.54. The molecule has 2 unspecified atom stereocenters. The predicted octanol–water partition coefficient (Wildman–Crippen LogP) is 2.50. The fourth-order valence-electron chi connectivity index (χ4n) is 4.03. The van der Waals surface area contributed by atoms with Crippen LogP contribution in [0.2, 0.25) is 0 Å². The Labute approximate surface area is 125 Å². The molecule has 0 radical (unpaired) electrons. The van der Waals surface area contributed by atoms with Crippen molar-refractivity contribution in [2.45, 2.75) is 59.0 Å². The molecular formula is C17H34N2O. The third-order valence-electron chi connectivity index (χ3n) is 5.63. The lowest BCUT2D eigenvalue weighted by Gasteiger charge is -2.42. The lowest BCUT2D eigenvalue weighted by atomic mass is 9.70. The summed E-state index contributed by atoms with van der Waals surface area (Å²) in [6, 6.07) is 0. The zero-order valence-electron chi connectivity index (χ0n) is 13.7. The maximum atomic E-state index is 9.78. The molecule has 1 aliphatic carbocycles. The van der Waals surface area contributed by atoms with Gasteiger partial charge in [-0.05, 0) is 56.5 Å². The van der Waals surface area contributed by atoms with Crippen LogP contribution < -0.4 is 5.32 Å². The molecule has 20 heavy (non-hydrogen) atoms. The van der Waals surface area contributed by atoms with Crippen molar-refractivity contribution in [2.75, 3.05) is 32.7 Å². The fraction of sp³-hybridized carbons (Fsp3) is 1.00. The molecule has 0 aromatic rings. The summed E-state index contributed by atoms with van der Waals surface area (Å²) in [5.74, 6) is 1.40. The van der Waals surface area contributed by atoms with E-state index in [1.54, 1.807) is 0 Å². The first-order valence-electron chi connectivity index (χ1n) is 8.66. The number of hydrogen-bond acceptors (Lipinski definition) is 3. The Morgan fingerprint density at radius 3 is 2.55 bits per heavy atom. The molecule has 2 N–H and O–H groups in total. The number of nitrogens with zero attached hydrogens (tertiary/aromatic N) is 1. The first-order valence-corrected chi connectivity index (χ1v) is 8.66. The largest absolute Gasteiger partial charge is 0.393 e. The van der Waals surface area contributed by atoms with Crippen LogP contribution in [0.3, 0.4) is 0 Å². The molecule has 3 nitrogen and oxygen atoms in total. The minimum atomic E-state index is -0.143. The predicted molar refractivity (Wildman–Crippen MR) is 84.8 cm³/mol.